The number of benzene rings is 4. The Morgan fingerprint density at radius 1 is 0.814 bits per heavy atom. The van der Waals surface area contributed by atoms with Gasteiger partial charge in [-0.15, -0.1) is 0 Å². The molecule has 0 aliphatic carbocycles. The third-order valence-corrected chi connectivity index (χ3v) is 8.73. The maximum atomic E-state index is 14.3. The number of carbonyl (C=O) groups excluding carboxylic acids is 2. The lowest BCUT2D eigenvalue weighted by atomic mass is 10.0. The molecule has 0 aliphatic heterocycles. The Balaban J connectivity index is 1.79. The second-order valence-corrected chi connectivity index (χ2v) is 12.6. The number of hydrogen-bond donors (Lipinski definition) is 1. The Labute approximate surface area is 257 Å². The maximum absolute atomic E-state index is 14.3. The summed E-state index contributed by atoms with van der Waals surface area (Å²) in [5.74, 6) is -1.54. The molecule has 0 aromatic heterocycles. The molecule has 0 aliphatic rings. The van der Waals surface area contributed by atoms with Crippen molar-refractivity contribution in [3.05, 3.63) is 131 Å². The van der Waals surface area contributed by atoms with Gasteiger partial charge in [-0.2, -0.15) is 0 Å². The second kappa shape index (κ2) is 14.3. The molecule has 4 rings (SSSR count). The third kappa shape index (κ3) is 8.43. The van der Waals surface area contributed by atoms with E-state index in [4.69, 9.17) is 11.6 Å². The molecule has 43 heavy (non-hydrogen) atoms. The van der Waals surface area contributed by atoms with Gasteiger partial charge in [0.15, 0.2) is 0 Å². The monoisotopic (exact) mass is 621 g/mol. The largest absolute Gasteiger partial charge is 0.352 e. The SMILES string of the molecule is CC(C)NC(=O)C(Cc1ccccc1)N(Cc1ccc(Cl)cc1)C(=O)CN(c1ccc(F)cc1)S(=O)(=O)c1ccccc1. The van der Waals surface area contributed by atoms with Crippen molar-refractivity contribution in [2.75, 3.05) is 10.8 Å². The first kappa shape index (κ1) is 31.7. The van der Waals surface area contributed by atoms with Crippen LogP contribution in [0.5, 0.6) is 0 Å². The molecule has 0 spiro atoms. The summed E-state index contributed by atoms with van der Waals surface area (Å²) in [6, 6.07) is 27.6. The van der Waals surface area contributed by atoms with Crippen LogP contribution in [0.4, 0.5) is 10.1 Å². The molecule has 4 aromatic rings. The highest BCUT2D eigenvalue weighted by atomic mass is 35.5. The van der Waals surface area contributed by atoms with E-state index in [0.29, 0.717) is 10.6 Å². The van der Waals surface area contributed by atoms with Crippen LogP contribution in [0.2, 0.25) is 5.02 Å². The minimum absolute atomic E-state index is 0.0155. The van der Waals surface area contributed by atoms with E-state index < -0.39 is 34.3 Å². The molecule has 0 saturated carbocycles. The maximum Gasteiger partial charge on any atom is 0.264 e. The molecule has 0 radical (unpaired) electrons. The van der Waals surface area contributed by atoms with E-state index in [9.17, 15) is 22.4 Å². The van der Waals surface area contributed by atoms with Crippen LogP contribution in [0.25, 0.3) is 0 Å². The number of carbonyl (C=O) groups is 2. The summed E-state index contributed by atoms with van der Waals surface area (Å²) in [4.78, 5) is 29.3. The average Bonchev–Trinajstić information content (AvgIpc) is 2.99. The van der Waals surface area contributed by atoms with Crippen molar-refractivity contribution in [2.45, 2.75) is 43.8 Å². The second-order valence-electron chi connectivity index (χ2n) is 10.3. The van der Waals surface area contributed by atoms with Crippen LogP contribution >= 0.6 is 11.6 Å². The summed E-state index contributed by atoms with van der Waals surface area (Å²) < 4.78 is 42.5. The van der Waals surface area contributed by atoms with E-state index in [1.165, 1.54) is 29.2 Å². The van der Waals surface area contributed by atoms with E-state index in [-0.39, 0.29) is 35.5 Å². The highest BCUT2D eigenvalue weighted by Crippen LogP contribution is 2.25. The number of nitrogens with one attached hydrogen (secondary N) is 1. The van der Waals surface area contributed by atoms with Crippen LogP contribution in [-0.4, -0.2) is 43.8 Å². The van der Waals surface area contributed by atoms with E-state index >= 15 is 0 Å². The Kier molecular flexibility index (Phi) is 10.6. The summed E-state index contributed by atoms with van der Waals surface area (Å²) in [6.45, 7) is 3.04. The van der Waals surface area contributed by atoms with E-state index in [0.717, 1.165) is 22.0 Å². The average molecular weight is 622 g/mol. The number of hydrogen-bond acceptors (Lipinski definition) is 4. The molecule has 1 atom stereocenters. The van der Waals surface area contributed by atoms with Crippen LogP contribution in [0.3, 0.4) is 0 Å². The smallest absolute Gasteiger partial charge is 0.264 e. The number of nitrogens with zero attached hydrogens (tertiary/aromatic N) is 2. The first-order chi connectivity index (χ1) is 20.5. The summed E-state index contributed by atoms with van der Waals surface area (Å²) in [6.07, 6.45) is 0.195. The molecule has 1 N–H and O–H groups in total. The molecule has 0 fully saturated rings. The van der Waals surface area contributed by atoms with Crippen molar-refractivity contribution in [2.24, 2.45) is 0 Å². The summed E-state index contributed by atoms with van der Waals surface area (Å²) in [5, 5.41) is 3.42. The number of amides is 2. The number of anilines is 1. The van der Waals surface area contributed by atoms with Gasteiger partial charge in [0.05, 0.1) is 10.6 Å². The molecule has 0 bridgehead atoms. The third-order valence-electron chi connectivity index (χ3n) is 6.69. The molecule has 10 heteroatoms. The quantitative estimate of drug-likeness (QED) is 0.215. The fraction of sp³-hybridized carbons (Fsp3) is 0.212. The highest BCUT2D eigenvalue weighted by Gasteiger charge is 2.34. The van der Waals surface area contributed by atoms with Crippen LogP contribution in [0.1, 0.15) is 25.0 Å². The number of sulfonamides is 1. The summed E-state index contributed by atoms with van der Waals surface area (Å²) in [5.41, 5.74) is 1.64. The Bertz CT molecular complexity index is 1620. The van der Waals surface area contributed by atoms with Crippen LogP contribution in [0, 0.1) is 5.82 Å². The molecule has 0 saturated heterocycles. The normalized spacial score (nSPS) is 12.0. The van der Waals surface area contributed by atoms with Crippen molar-refractivity contribution in [1.82, 2.24) is 10.2 Å². The number of halogens is 2. The van der Waals surface area contributed by atoms with Crippen LogP contribution < -0.4 is 9.62 Å². The van der Waals surface area contributed by atoms with Gasteiger partial charge in [-0.3, -0.25) is 13.9 Å². The van der Waals surface area contributed by atoms with Crippen LogP contribution in [-0.2, 0) is 32.6 Å². The van der Waals surface area contributed by atoms with Gasteiger partial charge in [0, 0.05) is 24.0 Å². The molecular weight excluding hydrogens is 589 g/mol. The Hall–Kier alpha value is -4.21. The molecule has 2 amide bonds. The first-order valence-electron chi connectivity index (χ1n) is 13.8. The van der Waals surface area contributed by atoms with E-state index in [2.05, 4.69) is 5.32 Å². The van der Waals surface area contributed by atoms with Crippen molar-refractivity contribution in [3.63, 3.8) is 0 Å². The molecule has 0 heterocycles. The lowest BCUT2D eigenvalue weighted by Gasteiger charge is -2.34. The van der Waals surface area contributed by atoms with E-state index in [1.54, 1.807) is 42.5 Å². The minimum atomic E-state index is -4.25. The molecule has 7 nitrogen and oxygen atoms in total. The number of rotatable bonds is 12. The van der Waals surface area contributed by atoms with Gasteiger partial charge in [0.2, 0.25) is 11.8 Å². The van der Waals surface area contributed by atoms with Gasteiger partial charge < -0.3 is 10.2 Å². The Morgan fingerprint density at radius 3 is 1.98 bits per heavy atom. The molecule has 224 valence electrons. The van der Waals surface area contributed by atoms with Gasteiger partial charge in [-0.1, -0.05) is 72.3 Å². The topological polar surface area (TPSA) is 86.8 Å². The standard InChI is InChI=1S/C33H33ClFN3O4S/c1-24(2)36-33(40)31(21-25-9-5-3-6-10-25)37(22-26-13-15-27(34)16-14-26)32(39)23-38(29-19-17-28(35)18-20-29)43(41,42)30-11-7-4-8-12-30/h3-20,24,31H,21-23H2,1-2H3,(H,36,40). The van der Waals surface area contributed by atoms with Gasteiger partial charge in [-0.25, -0.2) is 12.8 Å². The van der Waals surface area contributed by atoms with Gasteiger partial charge in [0.1, 0.15) is 18.4 Å². The summed E-state index contributed by atoms with van der Waals surface area (Å²) in [7, 11) is -4.25. The van der Waals surface area contributed by atoms with Gasteiger partial charge in [0.25, 0.3) is 10.0 Å². The van der Waals surface area contributed by atoms with Gasteiger partial charge in [-0.05, 0) is 73.5 Å². The van der Waals surface area contributed by atoms with Crippen LogP contribution in [0.15, 0.2) is 114 Å². The van der Waals surface area contributed by atoms with Crippen molar-refractivity contribution in [3.8, 4) is 0 Å². The zero-order valence-corrected chi connectivity index (χ0v) is 25.4. The van der Waals surface area contributed by atoms with Crippen molar-refractivity contribution < 1.29 is 22.4 Å². The van der Waals surface area contributed by atoms with Gasteiger partial charge >= 0.3 is 0 Å². The predicted molar refractivity (Wildman–Crippen MR) is 167 cm³/mol. The molecular formula is C33H33ClFN3O4S. The van der Waals surface area contributed by atoms with E-state index in [1.807, 2.05) is 44.2 Å². The van der Waals surface area contributed by atoms with Crippen molar-refractivity contribution >= 4 is 39.1 Å². The first-order valence-corrected chi connectivity index (χ1v) is 15.6. The highest BCUT2D eigenvalue weighted by molar-refractivity contribution is 7.92. The fourth-order valence-electron chi connectivity index (χ4n) is 4.58. The lowest BCUT2D eigenvalue weighted by molar-refractivity contribution is -0.140. The lowest BCUT2D eigenvalue weighted by Crippen LogP contribution is -2.54. The zero-order valence-electron chi connectivity index (χ0n) is 23.9. The fourth-order valence-corrected chi connectivity index (χ4v) is 6.14. The molecule has 1 unspecified atom stereocenters. The predicted octanol–water partition coefficient (Wildman–Crippen LogP) is 5.84. The molecule has 4 aromatic carbocycles. The Morgan fingerprint density at radius 2 is 1.40 bits per heavy atom. The minimum Gasteiger partial charge on any atom is -0.352 e. The van der Waals surface area contributed by atoms with Crippen molar-refractivity contribution in [1.29, 1.82) is 0 Å². The summed E-state index contributed by atoms with van der Waals surface area (Å²) >= 11 is 6.10. The zero-order chi connectivity index (χ0) is 31.0.